The molecule has 0 saturated carbocycles. The van der Waals surface area contributed by atoms with Crippen LogP contribution in [0, 0.1) is 0 Å². The van der Waals surface area contributed by atoms with Gasteiger partial charge >= 0.3 is 0 Å². The number of hydrogen-bond acceptors (Lipinski definition) is 3. The highest BCUT2D eigenvalue weighted by Crippen LogP contribution is 2.38. The van der Waals surface area contributed by atoms with Gasteiger partial charge in [0, 0.05) is 23.2 Å². The first kappa shape index (κ1) is 13.1. The number of rotatable bonds is 3. The van der Waals surface area contributed by atoms with Crippen LogP contribution in [0.25, 0.3) is 0 Å². The van der Waals surface area contributed by atoms with Crippen LogP contribution in [-0.2, 0) is 6.42 Å². The molecule has 2 heterocycles. The second-order valence-electron chi connectivity index (χ2n) is 5.02. The monoisotopic (exact) mass is 292 g/mol. The normalized spacial score (nSPS) is 20.0. The summed E-state index contributed by atoms with van der Waals surface area (Å²) < 4.78 is 0.907. The molecule has 0 saturated heterocycles. The molecule has 0 amide bonds. The van der Waals surface area contributed by atoms with Crippen LogP contribution in [0.4, 0.5) is 0 Å². The van der Waals surface area contributed by atoms with Gasteiger partial charge in [0.05, 0.1) is 10.0 Å². The fourth-order valence-electron chi connectivity index (χ4n) is 2.71. The van der Waals surface area contributed by atoms with Crippen LogP contribution < -0.4 is 5.32 Å². The maximum atomic E-state index is 6.15. The van der Waals surface area contributed by atoms with E-state index in [-0.39, 0.29) is 6.04 Å². The van der Waals surface area contributed by atoms with Gasteiger partial charge in [-0.05, 0) is 49.9 Å². The molecule has 4 heteroatoms. The topological polar surface area (TPSA) is 24.9 Å². The molecule has 2 unspecified atom stereocenters. The molecule has 19 heavy (non-hydrogen) atoms. The van der Waals surface area contributed by atoms with Crippen LogP contribution in [-0.4, -0.2) is 4.98 Å². The minimum Gasteiger partial charge on any atom is -0.302 e. The molecular formula is C15H17ClN2S. The van der Waals surface area contributed by atoms with E-state index >= 15 is 0 Å². The maximum Gasteiger partial charge on any atom is 0.0934 e. The third-order valence-corrected chi connectivity index (χ3v) is 5.01. The van der Waals surface area contributed by atoms with Gasteiger partial charge in [0.1, 0.15) is 0 Å². The molecule has 1 aliphatic carbocycles. The number of hydrogen-bond donors (Lipinski definition) is 1. The van der Waals surface area contributed by atoms with Crippen molar-refractivity contribution in [2.45, 2.75) is 38.3 Å². The van der Waals surface area contributed by atoms with Crippen molar-refractivity contribution >= 4 is 22.9 Å². The molecule has 2 nitrogen and oxygen atoms in total. The molecule has 0 radical (unpaired) electrons. The molecule has 2 aromatic heterocycles. The average molecular weight is 293 g/mol. The van der Waals surface area contributed by atoms with Gasteiger partial charge in [0.25, 0.3) is 0 Å². The minimum atomic E-state index is 0.260. The third kappa shape index (κ3) is 2.83. The van der Waals surface area contributed by atoms with Crippen LogP contribution in [0.3, 0.4) is 0 Å². The van der Waals surface area contributed by atoms with Crippen molar-refractivity contribution in [3.05, 3.63) is 50.9 Å². The van der Waals surface area contributed by atoms with E-state index in [4.69, 9.17) is 11.6 Å². The average Bonchev–Trinajstić information content (AvgIpc) is 2.81. The molecule has 0 fully saturated rings. The minimum absolute atomic E-state index is 0.260. The van der Waals surface area contributed by atoms with E-state index in [1.54, 1.807) is 11.3 Å². The molecular weight excluding hydrogens is 276 g/mol. The summed E-state index contributed by atoms with van der Waals surface area (Å²) in [6, 6.07) is 8.85. The molecule has 1 N–H and O–H groups in total. The van der Waals surface area contributed by atoms with Crippen LogP contribution in [0.2, 0.25) is 4.34 Å². The van der Waals surface area contributed by atoms with E-state index < -0.39 is 0 Å². The lowest BCUT2D eigenvalue weighted by Crippen LogP contribution is -2.27. The number of thiophene rings is 1. The summed E-state index contributed by atoms with van der Waals surface area (Å²) in [5, 5.41) is 3.69. The van der Waals surface area contributed by atoms with E-state index in [2.05, 4.69) is 29.4 Å². The van der Waals surface area contributed by atoms with Crippen molar-refractivity contribution in [2.24, 2.45) is 0 Å². The number of fused-ring (bicyclic) bond motifs is 1. The molecule has 1 aliphatic rings. The van der Waals surface area contributed by atoms with Crippen LogP contribution in [0.5, 0.6) is 0 Å². The molecule has 100 valence electrons. The molecule has 2 atom stereocenters. The maximum absolute atomic E-state index is 6.15. The summed E-state index contributed by atoms with van der Waals surface area (Å²) in [5.41, 5.74) is 2.49. The molecule has 0 spiro atoms. The Balaban J connectivity index is 1.77. The van der Waals surface area contributed by atoms with Crippen LogP contribution in [0.15, 0.2) is 30.5 Å². The summed E-state index contributed by atoms with van der Waals surface area (Å²) in [4.78, 5) is 5.87. The first-order chi connectivity index (χ1) is 9.24. The predicted octanol–water partition coefficient (Wildman–Crippen LogP) is 4.52. The Morgan fingerprint density at radius 3 is 3.16 bits per heavy atom. The number of halogens is 1. The summed E-state index contributed by atoms with van der Waals surface area (Å²) in [6.07, 6.45) is 5.43. The van der Waals surface area contributed by atoms with E-state index in [0.717, 1.165) is 10.0 Å². The van der Waals surface area contributed by atoms with Gasteiger partial charge in [-0.3, -0.25) is 4.98 Å². The SMILES string of the molecule is CC(NC1CCCc2sc(Cl)cc21)c1ccccn1. The Kier molecular flexibility index (Phi) is 3.87. The second-order valence-corrected chi connectivity index (χ2v) is 6.78. The van der Waals surface area contributed by atoms with Crippen molar-refractivity contribution in [2.75, 3.05) is 0 Å². The van der Waals surface area contributed by atoms with Gasteiger partial charge in [-0.1, -0.05) is 17.7 Å². The van der Waals surface area contributed by atoms with Crippen LogP contribution >= 0.6 is 22.9 Å². The Morgan fingerprint density at radius 1 is 1.47 bits per heavy atom. The zero-order valence-corrected chi connectivity index (χ0v) is 12.5. The Hall–Kier alpha value is -0.900. The van der Waals surface area contributed by atoms with Gasteiger partial charge in [0.2, 0.25) is 0 Å². The number of aryl methyl sites for hydroxylation is 1. The third-order valence-electron chi connectivity index (χ3n) is 3.67. The lowest BCUT2D eigenvalue weighted by Gasteiger charge is -2.27. The van der Waals surface area contributed by atoms with Gasteiger partial charge in [0.15, 0.2) is 0 Å². The van der Waals surface area contributed by atoms with E-state index in [1.165, 1.54) is 29.7 Å². The molecule has 3 rings (SSSR count). The Labute approximate surface area is 122 Å². The van der Waals surface area contributed by atoms with E-state index in [0.29, 0.717) is 6.04 Å². The molecule has 2 aromatic rings. The second kappa shape index (κ2) is 5.61. The van der Waals surface area contributed by atoms with Crippen molar-refractivity contribution in [1.29, 1.82) is 0 Å². The summed E-state index contributed by atoms with van der Waals surface area (Å²) in [6.45, 7) is 2.17. The lowest BCUT2D eigenvalue weighted by molar-refractivity contribution is 0.414. The first-order valence-electron chi connectivity index (χ1n) is 6.69. The summed E-state index contributed by atoms with van der Waals surface area (Å²) in [5.74, 6) is 0. The van der Waals surface area contributed by atoms with Gasteiger partial charge in [-0.2, -0.15) is 0 Å². The standard InChI is InChI=1S/C15H17ClN2S/c1-10(12-5-2-3-8-17-12)18-13-6-4-7-14-11(13)9-15(16)19-14/h2-3,5,8-10,13,18H,4,6-7H2,1H3. The predicted molar refractivity (Wildman–Crippen MR) is 80.8 cm³/mol. The largest absolute Gasteiger partial charge is 0.302 e. The summed E-state index contributed by atoms with van der Waals surface area (Å²) in [7, 11) is 0. The van der Waals surface area contributed by atoms with Gasteiger partial charge in [-0.15, -0.1) is 11.3 Å². The summed E-state index contributed by atoms with van der Waals surface area (Å²) >= 11 is 7.87. The fourth-order valence-corrected chi connectivity index (χ4v) is 4.10. The van der Waals surface area contributed by atoms with Gasteiger partial charge < -0.3 is 5.32 Å². The van der Waals surface area contributed by atoms with Crippen LogP contribution in [0.1, 0.15) is 48.0 Å². The first-order valence-corrected chi connectivity index (χ1v) is 7.88. The molecule has 0 bridgehead atoms. The number of aromatic nitrogens is 1. The van der Waals surface area contributed by atoms with Crippen molar-refractivity contribution in [1.82, 2.24) is 10.3 Å². The molecule has 0 aliphatic heterocycles. The van der Waals surface area contributed by atoms with E-state index in [1.807, 2.05) is 18.3 Å². The lowest BCUT2D eigenvalue weighted by atomic mass is 9.93. The fraction of sp³-hybridized carbons (Fsp3) is 0.400. The zero-order chi connectivity index (χ0) is 13.2. The Bertz CT molecular complexity index is 553. The smallest absolute Gasteiger partial charge is 0.0934 e. The highest BCUT2D eigenvalue weighted by atomic mass is 35.5. The van der Waals surface area contributed by atoms with E-state index in [9.17, 15) is 0 Å². The number of nitrogens with one attached hydrogen (secondary N) is 1. The molecule has 0 aromatic carbocycles. The van der Waals surface area contributed by atoms with Crippen molar-refractivity contribution in [3.8, 4) is 0 Å². The quantitative estimate of drug-likeness (QED) is 0.899. The van der Waals surface area contributed by atoms with Crippen molar-refractivity contribution in [3.63, 3.8) is 0 Å². The highest BCUT2D eigenvalue weighted by Gasteiger charge is 2.24. The number of nitrogens with zero attached hydrogens (tertiary/aromatic N) is 1. The van der Waals surface area contributed by atoms with Crippen molar-refractivity contribution < 1.29 is 0 Å². The highest BCUT2D eigenvalue weighted by molar-refractivity contribution is 7.16. The van der Waals surface area contributed by atoms with Gasteiger partial charge in [-0.25, -0.2) is 0 Å². The Morgan fingerprint density at radius 2 is 2.37 bits per heavy atom. The number of pyridine rings is 1. The zero-order valence-electron chi connectivity index (χ0n) is 10.9.